The predicted octanol–water partition coefficient (Wildman–Crippen LogP) is 3.62. The number of aromatic nitrogens is 4. The number of imidazole rings is 1. The van der Waals surface area contributed by atoms with Crippen LogP contribution < -0.4 is 4.74 Å². The van der Waals surface area contributed by atoms with Crippen molar-refractivity contribution in [3.63, 3.8) is 0 Å². The molecule has 0 aliphatic carbocycles. The molecule has 3 heterocycles. The van der Waals surface area contributed by atoms with Gasteiger partial charge in [-0.05, 0) is 50.2 Å². The molecule has 0 fully saturated rings. The molecule has 0 amide bonds. The highest BCUT2D eigenvalue weighted by Crippen LogP contribution is 2.24. The van der Waals surface area contributed by atoms with Gasteiger partial charge >= 0.3 is 5.97 Å². The average molecular weight is 378 g/mol. The van der Waals surface area contributed by atoms with Crippen molar-refractivity contribution >= 4 is 11.6 Å². The zero-order valence-corrected chi connectivity index (χ0v) is 15.6. The van der Waals surface area contributed by atoms with Gasteiger partial charge in [0.1, 0.15) is 11.4 Å². The van der Waals surface area contributed by atoms with E-state index in [0.29, 0.717) is 11.5 Å². The van der Waals surface area contributed by atoms with Gasteiger partial charge in [-0.1, -0.05) is 6.07 Å². The molecule has 3 aromatic heterocycles. The van der Waals surface area contributed by atoms with Crippen molar-refractivity contribution < 1.29 is 18.7 Å². The molecule has 0 bridgehead atoms. The van der Waals surface area contributed by atoms with Crippen LogP contribution in [0.3, 0.4) is 0 Å². The summed E-state index contributed by atoms with van der Waals surface area (Å²) in [7, 11) is 1.60. The summed E-state index contributed by atoms with van der Waals surface area (Å²) in [6.45, 7) is 3.61. The molecule has 0 saturated heterocycles. The lowest BCUT2D eigenvalue weighted by atomic mass is 10.2. The fourth-order valence-corrected chi connectivity index (χ4v) is 2.77. The molecule has 4 aromatic rings. The van der Waals surface area contributed by atoms with Gasteiger partial charge < -0.3 is 18.3 Å². The Labute approximate surface area is 160 Å². The van der Waals surface area contributed by atoms with E-state index in [1.807, 2.05) is 41.7 Å². The number of hydrogen-bond donors (Lipinski definition) is 0. The van der Waals surface area contributed by atoms with E-state index in [9.17, 15) is 4.79 Å². The van der Waals surface area contributed by atoms with Crippen molar-refractivity contribution in [3.05, 3.63) is 65.9 Å². The SMILES string of the molecule is COc1ccc(-c2nnc([C@H](C)OC(=O)c3cn4c(C)cccc4n3)o2)cc1. The van der Waals surface area contributed by atoms with E-state index >= 15 is 0 Å². The summed E-state index contributed by atoms with van der Waals surface area (Å²) in [4.78, 5) is 16.8. The van der Waals surface area contributed by atoms with E-state index in [1.54, 1.807) is 32.4 Å². The van der Waals surface area contributed by atoms with Crippen LogP contribution in [0.25, 0.3) is 17.1 Å². The van der Waals surface area contributed by atoms with Gasteiger partial charge in [-0.25, -0.2) is 9.78 Å². The summed E-state index contributed by atoms with van der Waals surface area (Å²) in [5, 5.41) is 8.01. The van der Waals surface area contributed by atoms with Crippen molar-refractivity contribution in [1.29, 1.82) is 0 Å². The Morgan fingerprint density at radius 1 is 1.14 bits per heavy atom. The molecular formula is C20H18N4O4. The summed E-state index contributed by atoms with van der Waals surface area (Å²) < 4.78 is 18.1. The van der Waals surface area contributed by atoms with Crippen molar-refractivity contribution in [1.82, 2.24) is 19.6 Å². The monoisotopic (exact) mass is 378 g/mol. The molecular weight excluding hydrogens is 360 g/mol. The molecule has 0 spiro atoms. The van der Waals surface area contributed by atoms with Crippen LogP contribution in [0.2, 0.25) is 0 Å². The predicted molar refractivity (Wildman–Crippen MR) is 100 cm³/mol. The van der Waals surface area contributed by atoms with Crippen LogP contribution in [-0.4, -0.2) is 32.7 Å². The molecule has 4 rings (SSSR count). The Bertz CT molecular complexity index is 1130. The van der Waals surface area contributed by atoms with Crippen LogP contribution >= 0.6 is 0 Å². The Kier molecular flexibility index (Phi) is 4.52. The third kappa shape index (κ3) is 3.32. The quantitative estimate of drug-likeness (QED) is 0.490. The maximum Gasteiger partial charge on any atom is 0.359 e. The average Bonchev–Trinajstić information content (AvgIpc) is 3.36. The number of aryl methyl sites for hydroxylation is 1. The topological polar surface area (TPSA) is 91.8 Å². The number of nitrogens with zero attached hydrogens (tertiary/aromatic N) is 4. The van der Waals surface area contributed by atoms with E-state index < -0.39 is 12.1 Å². The summed E-state index contributed by atoms with van der Waals surface area (Å²) >= 11 is 0. The molecule has 0 aliphatic rings. The van der Waals surface area contributed by atoms with Crippen LogP contribution in [0, 0.1) is 6.92 Å². The normalized spacial score (nSPS) is 12.1. The zero-order valence-electron chi connectivity index (χ0n) is 15.6. The van der Waals surface area contributed by atoms with Crippen molar-refractivity contribution in [2.75, 3.05) is 7.11 Å². The number of methoxy groups -OCH3 is 1. The van der Waals surface area contributed by atoms with Gasteiger partial charge in [0, 0.05) is 17.5 Å². The number of ether oxygens (including phenoxy) is 2. The fourth-order valence-electron chi connectivity index (χ4n) is 2.77. The van der Waals surface area contributed by atoms with Crippen LogP contribution in [-0.2, 0) is 4.74 Å². The molecule has 0 aliphatic heterocycles. The first-order valence-corrected chi connectivity index (χ1v) is 8.68. The van der Waals surface area contributed by atoms with Crippen LogP contribution in [0.15, 0.2) is 53.1 Å². The van der Waals surface area contributed by atoms with Gasteiger partial charge in [-0.15, -0.1) is 10.2 Å². The summed E-state index contributed by atoms with van der Waals surface area (Å²) in [5.74, 6) is 0.719. The first-order chi connectivity index (χ1) is 13.5. The number of carbonyl (C=O) groups excluding carboxylic acids is 1. The highest BCUT2D eigenvalue weighted by atomic mass is 16.6. The molecule has 0 unspecified atom stereocenters. The van der Waals surface area contributed by atoms with Crippen LogP contribution in [0.5, 0.6) is 5.75 Å². The molecule has 0 saturated carbocycles. The molecule has 142 valence electrons. The minimum Gasteiger partial charge on any atom is -0.497 e. The van der Waals surface area contributed by atoms with E-state index in [1.165, 1.54) is 0 Å². The smallest absolute Gasteiger partial charge is 0.359 e. The molecule has 8 nitrogen and oxygen atoms in total. The standard InChI is InChI=1S/C20H18N4O4/c1-12-5-4-6-17-21-16(11-24(12)17)20(25)27-13(2)18-22-23-19(28-18)14-7-9-15(26-3)10-8-14/h4-11,13H,1-3H3/t13-/m0/s1. The zero-order chi connectivity index (χ0) is 19.7. The second-order valence-electron chi connectivity index (χ2n) is 6.24. The van der Waals surface area contributed by atoms with Gasteiger partial charge in [0.25, 0.3) is 5.89 Å². The molecule has 28 heavy (non-hydrogen) atoms. The summed E-state index contributed by atoms with van der Waals surface area (Å²) in [6, 6.07) is 12.9. The van der Waals surface area contributed by atoms with Gasteiger partial charge in [0.2, 0.25) is 5.89 Å². The number of hydrogen-bond acceptors (Lipinski definition) is 7. The molecule has 1 aromatic carbocycles. The number of benzene rings is 1. The number of carbonyl (C=O) groups is 1. The third-order valence-electron chi connectivity index (χ3n) is 4.31. The maximum atomic E-state index is 12.5. The lowest BCUT2D eigenvalue weighted by Crippen LogP contribution is -2.10. The third-order valence-corrected chi connectivity index (χ3v) is 4.31. The first-order valence-electron chi connectivity index (χ1n) is 8.68. The first kappa shape index (κ1) is 17.7. The Morgan fingerprint density at radius 3 is 2.64 bits per heavy atom. The number of esters is 1. The molecule has 1 atom stereocenters. The second-order valence-corrected chi connectivity index (χ2v) is 6.24. The number of pyridine rings is 1. The van der Waals surface area contributed by atoms with Crippen LogP contribution in [0.1, 0.15) is 35.1 Å². The minimum atomic E-state index is -0.710. The van der Waals surface area contributed by atoms with E-state index in [2.05, 4.69) is 15.2 Å². The lowest BCUT2D eigenvalue weighted by molar-refractivity contribution is 0.0273. The van der Waals surface area contributed by atoms with Crippen LogP contribution in [0.4, 0.5) is 0 Å². The van der Waals surface area contributed by atoms with Crippen molar-refractivity contribution in [3.8, 4) is 17.2 Å². The van der Waals surface area contributed by atoms with E-state index in [-0.39, 0.29) is 11.6 Å². The minimum absolute atomic E-state index is 0.208. The maximum absolute atomic E-state index is 12.5. The summed E-state index contributed by atoms with van der Waals surface area (Å²) in [5.41, 5.74) is 2.61. The van der Waals surface area contributed by atoms with E-state index in [0.717, 1.165) is 17.0 Å². The molecule has 8 heteroatoms. The summed E-state index contributed by atoms with van der Waals surface area (Å²) in [6.07, 6.45) is 0.939. The second kappa shape index (κ2) is 7.15. The molecule has 0 radical (unpaired) electrons. The number of rotatable bonds is 5. The molecule has 0 N–H and O–H groups in total. The highest BCUT2D eigenvalue weighted by Gasteiger charge is 2.22. The highest BCUT2D eigenvalue weighted by molar-refractivity contribution is 5.88. The fraction of sp³-hybridized carbons (Fsp3) is 0.200. The van der Waals surface area contributed by atoms with Gasteiger partial charge in [-0.2, -0.15) is 0 Å². The van der Waals surface area contributed by atoms with Crippen molar-refractivity contribution in [2.24, 2.45) is 0 Å². The van der Waals surface area contributed by atoms with Crippen molar-refractivity contribution in [2.45, 2.75) is 20.0 Å². The van der Waals surface area contributed by atoms with E-state index in [4.69, 9.17) is 13.9 Å². The van der Waals surface area contributed by atoms with Gasteiger partial charge in [0.05, 0.1) is 7.11 Å². The Morgan fingerprint density at radius 2 is 1.93 bits per heavy atom. The Balaban J connectivity index is 1.49. The largest absolute Gasteiger partial charge is 0.497 e. The Hall–Kier alpha value is -3.68. The van der Waals surface area contributed by atoms with Gasteiger partial charge in [0.15, 0.2) is 11.8 Å². The lowest BCUT2D eigenvalue weighted by Gasteiger charge is -2.07. The van der Waals surface area contributed by atoms with Gasteiger partial charge in [-0.3, -0.25) is 0 Å². The number of fused-ring (bicyclic) bond motifs is 1.